The predicted molar refractivity (Wildman–Crippen MR) is 78.4 cm³/mol. The molecule has 1 aromatic rings. The average Bonchev–Trinajstić information content (AvgIpc) is 2.35. The van der Waals surface area contributed by atoms with Gasteiger partial charge in [0.1, 0.15) is 11.6 Å². The molecule has 0 fully saturated rings. The Morgan fingerprint density at radius 2 is 2.05 bits per heavy atom. The summed E-state index contributed by atoms with van der Waals surface area (Å²) in [5, 5.41) is 9.91. The lowest BCUT2D eigenvalue weighted by atomic mass is 9.94. The number of carboxylic acids is 1. The lowest BCUT2D eigenvalue weighted by Crippen LogP contribution is -2.50. The van der Waals surface area contributed by atoms with Gasteiger partial charge in [-0.05, 0) is 38.0 Å². The number of aliphatic carboxylic acids is 1. The summed E-state index contributed by atoms with van der Waals surface area (Å²) in [4.78, 5) is 24.9. The Labute approximate surface area is 128 Å². The minimum atomic E-state index is -1.06. The Hall–Kier alpha value is -1.75. The molecule has 1 amide bonds. The Morgan fingerprint density at radius 1 is 1.38 bits per heavy atom. The van der Waals surface area contributed by atoms with Crippen LogP contribution in [0.5, 0.6) is 0 Å². The topological polar surface area (TPSA) is 66.8 Å². The Kier molecular flexibility index (Phi) is 4.14. The number of ether oxygens (including phenoxy) is 1. The molecule has 114 valence electrons. The first-order valence-corrected chi connectivity index (χ1v) is 7.05. The first-order valence-electron chi connectivity index (χ1n) is 6.68. The second-order valence-electron chi connectivity index (χ2n) is 6.04. The molecule has 0 bridgehead atoms. The molecule has 1 heterocycles. The van der Waals surface area contributed by atoms with E-state index >= 15 is 0 Å². The van der Waals surface area contributed by atoms with Crippen LogP contribution < -0.4 is 0 Å². The fourth-order valence-corrected chi connectivity index (χ4v) is 2.58. The van der Waals surface area contributed by atoms with Gasteiger partial charge in [0.2, 0.25) is 0 Å². The molecule has 1 N–H and O–H groups in total. The average molecular weight is 312 g/mol. The van der Waals surface area contributed by atoms with Gasteiger partial charge in [-0.2, -0.15) is 0 Å². The van der Waals surface area contributed by atoms with Crippen LogP contribution in [0.25, 0.3) is 0 Å². The van der Waals surface area contributed by atoms with Crippen molar-refractivity contribution in [3.8, 4) is 0 Å². The molecule has 21 heavy (non-hydrogen) atoms. The number of hydrogen-bond donors (Lipinski definition) is 1. The number of carbonyl (C=O) groups excluding carboxylic acids is 1. The van der Waals surface area contributed by atoms with Crippen LogP contribution in [-0.4, -0.2) is 33.7 Å². The van der Waals surface area contributed by atoms with Gasteiger partial charge in [-0.15, -0.1) is 0 Å². The Morgan fingerprint density at radius 3 is 2.62 bits per heavy atom. The molecular weight excluding hydrogens is 294 g/mol. The number of halogens is 1. The van der Waals surface area contributed by atoms with Crippen LogP contribution >= 0.6 is 11.6 Å². The molecule has 6 heteroatoms. The quantitative estimate of drug-likeness (QED) is 0.865. The van der Waals surface area contributed by atoms with Crippen molar-refractivity contribution < 1.29 is 19.4 Å². The van der Waals surface area contributed by atoms with Crippen LogP contribution in [0.1, 0.15) is 31.9 Å². The standard InChI is InChI=1S/C15H18ClNO4/c1-15(2,3)21-14(20)17-8-9-5-4-6-11(16)10(9)7-12(17)13(18)19/h4-6,12H,7-8H2,1-3H3,(H,18,19)/t12-/m1/s1. The van der Waals surface area contributed by atoms with E-state index in [2.05, 4.69) is 0 Å². The van der Waals surface area contributed by atoms with Crippen LogP contribution in [0, 0.1) is 0 Å². The van der Waals surface area contributed by atoms with Crippen LogP contribution in [0.4, 0.5) is 4.79 Å². The third kappa shape index (κ3) is 3.47. The number of fused-ring (bicyclic) bond motifs is 1. The van der Waals surface area contributed by atoms with Crippen molar-refractivity contribution in [2.75, 3.05) is 0 Å². The second-order valence-corrected chi connectivity index (χ2v) is 6.45. The van der Waals surface area contributed by atoms with Crippen molar-refractivity contribution in [3.05, 3.63) is 34.3 Å². The summed E-state index contributed by atoms with van der Waals surface area (Å²) in [5.74, 6) is -1.06. The van der Waals surface area contributed by atoms with E-state index in [4.69, 9.17) is 16.3 Å². The summed E-state index contributed by atoms with van der Waals surface area (Å²) in [6.45, 7) is 5.42. The van der Waals surface area contributed by atoms with Crippen molar-refractivity contribution in [1.82, 2.24) is 4.90 Å². The molecule has 0 spiro atoms. The van der Waals surface area contributed by atoms with E-state index in [-0.39, 0.29) is 13.0 Å². The van der Waals surface area contributed by atoms with E-state index in [0.29, 0.717) is 5.02 Å². The first kappa shape index (κ1) is 15.6. The summed E-state index contributed by atoms with van der Waals surface area (Å²) >= 11 is 6.12. The largest absolute Gasteiger partial charge is 0.480 e. The number of hydrogen-bond acceptors (Lipinski definition) is 3. The molecule has 0 radical (unpaired) electrons. The summed E-state index contributed by atoms with van der Waals surface area (Å²) in [7, 11) is 0. The van der Waals surface area contributed by atoms with E-state index in [1.165, 1.54) is 4.90 Å². The summed E-state index contributed by atoms with van der Waals surface area (Å²) in [6.07, 6.45) is -0.440. The third-order valence-electron chi connectivity index (χ3n) is 3.24. The summed E-state index contributed by atoms with van der Waals surface area (Å²) in [6, 6.07) is 4.39. The number of amides is 1. The van der Waals surface area contributed by atoms with E-state index in [0.717, 1.165) is 11.1 Å². The van der Waals surface area contributed by atoms with Gasteiger partial charge in [-0.3, -0.25) is 4.90 Å². The lowest BCUT2D eigenvalue weighted by Gasteiger charge is -2.35. The molecule has 1 aromatic carbocycles. The highest BCUT2D eigenvalue weighted by molar-refractivity contribution is 6.31. The van der Waals surface area contributed by atoms with Gasteiger partial charge in [-0.1, -0.05) is 23.7 Å². The zero-order valence-corrected chi connectivity index (χ0v) is 13.0. The van der Waals surface area contributed by atoms with Gasteiger partial charge in [0, 0.05) is 11.4 Å². The minimum absolute atomic E-state index is 0.182. The summed E-state index contributed by atoms with van der Waals surface area (Å²) in [5.41, 5.74) is 0.964. The number of benzene rings is 1. The second kappa shape index (κ2) is 5.56. The highest BCUT2D eigenvalue weighted by atomic mass is 35.5. The van der Waals surface area contributed by atoms with E-state index in [9.17, 15) is 14.7 Å². The van der Waals surface area contributed by atoms with Crippen LogP contribution in [0.3, 0.4) is 0 Å². The third-order valence-corrected chi connectivity index (χ3v) is 3.60. The predicted octanol–water partition coefficient (Wildman–Crippen LogP) is 3.09. The van der Waals surface area contributed by atoms with Gasteiger partial charge < -0.3 is 9.84 Å². The number of carboxylic acid groups (broad SMARTS) is 1. The van der Waals surface area contributed by atoms with Crippen LogP contribution in [0.2, 0.25) is 5.02 Å². The lowest BCUT2D eigenvalue weighted by molar-refractivity contribution is -0.143. The molecule has 0 unspecified atom stereocenters. The molecule has 5 nitrogen and oxygen atoms in total. The molecule has 0 saturated carbocycles. The van der Waals surface area contributed by atoms with E-state index in [1.54, 1.807) is 32.9 Å². The van der Waals surface area contributed by atoms with E-state index in [1.807, 2.05) is 6.07 Å². The molecular formula is C15H18ClNO4. The van der Waals surface area contributed by atoms with Crippen LogP contribution in [-0.2, 0) is 22.5 Å². The van der Waals surface area contributed by atoms with Crippen molar-refractivity contribution >= 4 is 23.7 Å². The van der Waals surface area contributed by atoms with Gasteiger partial charge in [0.05, 0.1) is 6.54 Å². The molecule has 1 aliphatic heterocycles. The van der Waals surface area contributed by atoms with Crippen molar-refractivity contribution in [2.24, 2.45) is 0 Å². The highest BCUT2D eigenvalue weighted by Crippen LogP contribution is 2.30. The van der Waals surface area contributed by atoms with E-state index < -0.39 is 23.7 Å². The Balaban J connectivity index is 2.32. The Bertz CT molecular complexity index is 580. The van der Waals surface area contributed by atoms with Crippen molar-refractivity contribution in [1.29, 1.82) is 0 Å². The monoisotopic (exact) mass is 311 g/mol. The maximum atomic E-state index is 12.2. The normalized spacial score (nSPS) is 18.1. The van der Waals surface area contributed by atoms with Crippen LogP contribution in [0.15, 0.2) is 18.2 Å². The fraction of sp³-hybridized carbons (Fsp3) is 0.467. The van der Waals surface area contributed by atoms with Gasteiger partial charge in [0.25, 0.3) is 0 Å². The number of rotatable bonds is 1. The molecule has 0 saturated heterocycles. The molecule has 1 aliphatic rings. The molecule has 0 aromatic heterocycles. The minimum Gasteiger partial charge on any atom is -0.480 e. The zero-order chi connectivity index (χ0) is 15.8. The molecule has 0 aliphatic carbocycles. The van der Waals surface area contributed by atoms with Gasteiger partial charge in [0.15, 0.2) is 0 Å². The maximum absolute atomic E-state index is 12.2. The molecule has 2 rings (SSSR count). The fourth-order valence-electron chi connectivity index (χ4n) is 2.31. The smallest absolute Gasteiger partial charge is 0.411 e. The van der Waals surface area contributed by atoms with Crippen molar-refractivity contribution in [2.45, 2.75) is 45.4 Å². The van der Waals surface area contributed by atoms with Crippen molar-refractivity contribution in [3.63, 3.8) is 0 Å². The number of carbonyl (C=O) groups is 2. The first-order chi connectivity index (χ1) is 9.69. The summed E-state index contributed by atoms with van der Waals surface area (Å²) < 4.78 is 5.29. The zero-order valence-electron chi connectivity index (χ0n) is 12.2. The molecule has 1 atom stereocenters. The maximum Gasteiger partial charge on any atom is 0.411 e. The highest BCUT2D eigenvalue weighted by Gasteiger charge is 2.37. The van der Waals surface area contributed by atoms with Gasteiger partial charge >= 0.3 is 12.1 Å². The number of nitrogens with zero attached hydrogens (tertiary/aromatic N) is 1. The van der Waals surface area contributed by atoms with Gasteiger partial charge in [-0.25, -0.2) is 9.59 Å². The SMILES string of the molecule is CC(C)(C)OC(=O)N1Cc2cccc(Cl)c2C[C@@H]1C(=O)O.